The topological polar surface area (TPSA) is 42.0 Å². The van der Waals surface area contributed by atoms with Gasteiger partial charge in [0, 0.05) is 21.5 Å². The van der Waals surface area contributed by atoms with Crippen LogP contribution >= 0.6 is 15.9 Å². The van der Waals surface area contributed by atoms with E-state index in [2.05, 4.69) is 28.2 Å². The molecule has 0 aliphatic carbocycles. The summed E-state index contributed by atoms with van der Waals surface area (Å²) in [4.78, 5) is 17.4. The molecule has 3 aromatic rings. The predicted octanol–water partition coefficient (Wildman–Crippen LogP) is 5.19. The Labute approximate surface area is 150 Å². The standard InChI is InChI=1S/C20H19BrN2O/c1-3-13(2)22-20(24)17-12-19(14-8-10-15(21)11-9-14)23-18-7-5-4-6-16(17)18/h4-13H,3H2,1-2H3,(H,22,24)/t13-/m1/s1. The average Bonchev–Trinajstić information content (AvgIpc) is 2.61. The Morgan fingerprint density at radius 3 is 2.58 bits per heavy atom. The van der Waals surface area contributed by atoms with E-state index in [4.69, 9.17) is 4.98 Å². The third-order valence-electron chi connectivity index (χ3n) is 4.09. The number of nitrogens with zero attached hydrogens (tertiary/aromatic N) is 1. The SMILES string of the molecule is CC[C@@H](C)NC(=O)c1cc(-c2ccc(Br)cc2)nc2ccccc12. The summed E-state index contributed by atoms with van der Waals surface area (Å²) in [6, 6.07) is 17.7. The number of amides is 1. The zero-order valence-electron chi connectivity index (χ0n) is 13.7. The van der Waals surface area contributed by atoms with Gasteiger partial charge in [-0.15, -0.1) is 0 Å². The van der Waals surface area contributed by atoms with Crippen molar-refractivity contribution in [2.45, 2.75) is 26.3 Å². The molecule has 0 bridgehead atoms. The van der Waals surface area contributed by atoms with E-state index in [0.29, 0.717) is 5.56 Å². The molecule has 1 amide bonds. The molecule has 1 N–H and O–H groups in total. The Kier molecular flexibility index (Phi) is 4.95. The lowest BCUT2D eigenvalue weighted by Crippen LogP contribution is -2.32. The Hall–Kier alpha value is -2.20. The third kappa shape index (κ3) is 3.49. The summed E-state index contributed by atoms with van der Waals surface area (Å²) in [5, 5.41) is 3.93. The van der Waals surface area contributed by atoms with Gasteiger partial charge in [0.15, 0.2) is 0 Å². The van der Waals surface area contributed by atoms with E-state index in [1.165, 1.54) is 0 Å². The number of hydrogen-bond acceptors (Lipinski definition) is 2. The van der Waals surface area contributed by atoms with Crippen LogP contribution in [0.2, 0.25) is 0 Å². The van der Waals surface area contributed by atoms with Crippen molar-refractivity contribution in [3.8, 4) is 11.3 Å². The van der Waals surface area contributed by atoms with E-state index in [0.717, 1.165) is 33.1 Å². The summed E-state index contributed by atoms with van der Waals surface area (Å²) in [5.41, 5.74) is 3.28. The van der Waals surface area contributed by atoms with Crippen molar-refractivity contribution in [1.82, 2.24) is 10.3 Å². The lowest BCUT2D eigenvalue weighted by molar-refractivity contribution is 0.0941. The third-order valence-corrected chi connectivity index (χ3v) is 4.62. The lowest BCUT2D eigenvalue weighted by Gasteiger charge is -2.14. The molecule has 1 atom stereocenters. The maximum Gasteiger partial charge on any atom is 0.252 e. The molecule has 0 spiro atoms. The molecule has 0 fully saturated rings. The van der Waals surface area contributed by atoms with Gasteiger partial charge in [-0.25, -0.2) is 4.98 Å². The molecule has 1 heterocycles. The molecule has 3 rings (SSSR count). The molecule has 24 heavy (non-hydrogen) atoms. The molecule has 0 saturated heterocycles. The van der Waals surface area contributed by atoms with E-state index < -0.39 is 0 Å². The number of fused-ring (bicyclic) bond motifs is 1. The maximum absolute atomic E-state index is 12.7. The largest absolute Gasteiger partial charge is 0.350 e. The maximum atomic E-state index is 12.7. The van der Waals surface area contributed by atoms with Gasteiger partial charge in [0.2, 0.25) is 0 Å². The minimum Gasteiger partial charge on any atom is -0.350 e. The van der Waals surface area contributed by atoms with Gasteiger partial charge in [-0.3, -0.25) is 4.79 Å². The Bertz CT molecular complexity index is 874. The van der Waals surface area contributed by atoms with Gasteiger partial charge in [0.1, 0.15) is 0 Å². The van der Waals surface area contributed by atoms with Crippen molar-refractivity contribution in [2.75, 3.05) is 0 Å². The first-order chi connectivity index (χ1) is 11.6. The summed E-state index contributed by atoms with van der Waals surface area (Å²) in [5.74, 6) is -0.0543. The molecular weight excluding hydrogens is 364 g/mol. The molecule has 0 radical (unpaired) electrons. The zero-order valence-corrected chi connectivity index (χ0v) is 15.3. The van der Waals surface area contributed by atoms with Crippen molar-refractivity contribution in [3.63, 3.8) is 0 Å². The van der Waals surface area contributed by atoms with Crippen LogP contribution in [0.5, 0.6) is 0 Å². The molecule has 0 aliphatic rings. The fraction of sp³-hybridized carbons (Fsp3) is 0.200. The number of hydrogen-bond donors (Lipinski definition) is 1. The number of nitrogens with one attached hydrogen (secondary N) is 1. The Balaban J connectivity index is 2.12. The molecule has 0 aliphatic heterocycles. The normalized spacial score (nSPS) is 12.1. The van der Waals surface area contributed by atoms with Crippen LogP contribution in [0.1, 0.15) is 30.6 Å². The van der Waals surface area contributed by atoms with Crippen LogP contribution in [0.4, 0.5) is 0 Å². The molecule has 3 nitrogen and oxygen atoms in total. The molecule has 0 unspecified atom stereocenters. The molecule has 2 aromatic carbocycles. The van der Waals surface area contributed by atoms with Crippen molar-refractivity contribution >= 4 is 32.7 Å². The number of aromatic nitrogens is 1. The average molecular weight is 383 g/mol. The second kappa shape index (κ2) is 7.14. The number of rotatable bonds is 4. The Morgan fingerprint density at radius 2 is 1.88 bits per heavy atom. The highest BCUT2D eigenvalue weighted by Gasteiger charge is 2.15. The minimum atomic E-state index is -0.0543. The number of benzene rings is 2. The van der Waals surface area contributed by atoms with Crippen LogP contribution in [-0.4, -0.2) is 16.9 Å². The predicted molar refractivity (Wildman–Crippen MR) is 102 cm³/mol. The molecule has 4 heteroatoms. The van der Waals surface area contributed by atoms with E-state index in [1.807, 2.05) is 61.5 Å². The van der Waals surface area contributed by atoms with E-state index in [1.54, 1.807) is 0 Å². The number of para-hydroxylation sites is 1. The van der Waals surface area contributed by atoms with Gasteiger partial charge in [-0.2, -0.15) is 0 Å². The lowest BCUT2D eigenvalue weighted by atomic mass is 10.0. The van der Waals surface area contributed by atoms with Gasteiger partial charge < -0.3 is 5.32 Å². The summed E-state index contributed by atoms with van der Waals surface area (Å²) in [6.45, 7) is 4.07. The monoisotopic (exact) mass is 382 g/mol. The van der Waals surface area contributed by atoms with E-state index >= 15 is 0 Å². The van der Waals surface area contributed by atoms with Crippen LogP contribution in [0.3, 0.4) is 0 Å². The summed E-state index contributed by atoms with van der Waals surface area (Å²) in [7, 11) is 0. The minimum absolute atomic E-state index is 0.0543. The Morgan fingerprint density at radius 1 is 1.17 bits per heavy atom. The smallest absolute Gasteiger partial charge is 0.252 e. The number of pyridine rings is 1. The van der Waals surface area contributed by atoms with Crippen molar-refractivity contribution in [1.29, 1.82) is 0 Å². The fourth-order valence-corrected chi connectivity index (χ4v) is 2.80. The van der Waals surface area contributed by atoms with Crippen LogP contribution < -0.4 is 5.32 Å². The highest BCUT2D eigenvalue weighted by molar-refractivity contribution is 9.10. The summed E-state index contributed by atoms with van der Waals surface area (Å²) in [6.07, 6.45) is 0.897. The van der Waals surface area contributed by atoms with Crippen molar-refractivity contribution < 1.29 is 4.79 Å². The quantitative estimate of drug-likeness (QED) is 0.674. The van der Waals surface area contributed by atoms with Gasteiger partial charge in [-0.1, -0.05) is 53.2 Å². The zero-order chi connectivity index (χ0) is 17.1. The molecule has 122 valence electrons. The first-order valence-electron chi connectivity index (χ1n) is 8.05. The highest BCUT2D eigenvalue weighted by Crippen LogP contribution is 2.26. The van der Waals surface area contributed by atoms with Gasteiger partial charge >= 0.3 is 0 Å². The molecule has 1 aromatic heterocycles. The summed E-state index contributed by atoms with van der Waals surface area (Å²) >= 11 is 3.45. The van der Waals surface area contributed by atoms with E-state index in [-0.39, 0.29) is 11.9 Å². The van der Waals surface area contributed by atoms with Crippen LogP contribution in [-0.2, 0) is 0 Å². The van der Waals surface area contributed by atoms with E-state index in [9.17, 15) is 4.79 Å². The number of halogens is 1. The van der Waals surface area contributed by atoms with Crippen molar-refractivity contribution in [3.05, 3.63) is 64.6 Å². The van der Waals surface area contributed by atoms with Crippen LogP contribution in [0.15, 0.2) is 59.1 Å². The molecular formula is C20H19BrN2O. The second-order valence-corrected chi connectivity index (χ2v) is 6.78. The number of carbonyl (C=O) groups excluding carboxylic acids is 1. The first-order valence-corrected chi connectivity index (χ1v) is 8.84. The highest BCUT2D eigenvalue weighted by atomic mass is 79.9. The second-order valence-electron chi connectivity index (χ2n) is 5.86. The van der Waals surface area contributed by atoms with Crippen molar-refractivity contribution in [2.24, 2.45) is 0 Å². The summed E-state index contributed by atoms with van der Waals surface area (Å²) < 4.78 is 1.02. The first kappa shape index (κ1) is 16.7. The van der Waals surface area contributed by atoms with Gasteiger partial charge in [-0.05, 0) is 37.6 Å². The van der Waals surface area contributed by atoms with Gasteiger partial charge in [0.25, 0.3) is 5.91 Å². The molecule has 0 saturated carbocycles. The van der Waals surface area contributed by atoms with Crippen LogP contribution in [0.25, 0.3) is 22.2 Å². The number of carbonyl (C=O) groups is 1. The van der Waals surface area contributed by atoms with Gasteiger partial charge in [0.05, 0.1) is 16.8 Å². The fourth-order valence-electron chi connectivity index (χ4n) is 2.54. The van der Waals surface area contributed by atoms with Crippen LogP contribution in [0, 0.1) is 0 Å².